The van der Waals surface area contributed by atoms with E-state index >= 15 is 0 Å². The van der Waals surface area contributed by atoms with Crippen LogP contribution in [0.1, 0.15) is 37.4 Å². The minimum atomic E-state index is -0.831. The monoisotopic (exact) mass is 249 g/mol. The minimum absolute atomic E-state index is 0.233. The largest absolute Gasteiger partial charge is 0.494 e. The highest BCUT2D eigenvalue weighted by molar-refractivity contribution is 5.77. The van der Waals surface area contributed by atoms with Gasteiger partial charge in [-0.1, -0.05) is 13.0 Å². The van der Waals surface area contributed by atoms with Gasteiger partial charge in [0.15, 0.2) is 0 Å². The zero-order valence-corrected chi connectivity index (χ0v) is 10.8. The predicted octanol–water partition coefficient (Wildman–Crippen LogP) is 2.14. The highest BCUT2D eigenvalue weighted by Gasteiger charge is 2.30. The van der Waals surface area contributed by atoms with E-state index in [1.165, 1.54) is 0 Å². The number of rotatable bonds is 4. The van der Waals surface area contributed by atoms with Crippen LogP contribution in [-0.4, -0.2) is 23.7 Å². The molecule has 0 saturated carbocycles. The Bertz CT molecular complexity index is 445. The van der Waals surface area contributed by atoms with Crippen molar-refractivity contribution >= 4 is 5.97 Å². The fourth-order valence-corrected chi connectivity index (χ4v) is 2.40. The lowest BCUT2D eigenvalue weighted by molar-refractivity contribution is -0.140. The minimum Gasteiger partial charge on any atom is -0.494 e. The molecule has 0 bridgehead atoms. The van der Waals surface area contributed by atoms with Gasteiger partial charge in [0.1, 0.15) is 11.8 Å². The molecule has 0 aromatic heterocycles. The van der Waals surface area contributed by atoms with Crippen molar-refractivity contribution in [3.05, 3.63) is 29.3 Å². The Hall–Kier alpha value is -1.55. The summed E-state index contributed by atoms with van der Waals surface area (Å²) in [7, 11) is 0. The molecule has 2 atom stereocenters. The summed E-state index contributed by atoms with van der Waals surface area (Å²) >= 11 is 0. The molecule has 18 heavy (non-hydrogen) atoms. The van der Waals surface area contributed by atoms with Gasteiger partial charge in [-0.2, -0.15) is 0 Å². The van der Waals surface area contributed by atoms with Crippen molar-refractivity contribution in [1.29, 1.82) is 0 Å². The Labute approximate surface area is 107 Å². The molecule has 0 saturated heterocycles. The molecule has 0 fully saturated rings. The fourth-order valence-electron chi connectivity index (χ4n) is 2.40. The average molecular weight is 249 g/mol. The van der Waals surface area contributed by atoms with Gasteiger partial charge in [0.05, 0.1) is 6.61 Å². The summed E-state index contributed by atoms with van der Waals surface area (Å²) in [5.74, 6) is -0.0951. The van der Waals surface area contributed by atoms with E-state index in [-0.39, 0.29) is 6.04 Å². The molecule has 0 aliphatic carbocycles. The molecule has 1 aliphatic rings. The van der Waals surface area contributed by atoms with Crippen molar-refractivity contribution in [1.82, 2.24) is 5.32 Å². The number of benzene rings is 1. The van der Waals surface area contributed by atoms with Crippen LogP contribution in [0.15, 0.2) is 18.2 Å². The third-order valence-corrected chi connectivity index (χ3v) is 3.35. The van der Waals surface area contributed by atoms with Gasteiger partial charge in [0.25, 0.3) is 0 Å². The van der Waals surface area contributed by atoms with E-state index in [9.17, 15) is 9.90 Å². The van der Waals surface area contributed by atoms with Crippen molar-refractivity contribution in [3.8, 4) is 5.75 Å². The zero-order chi connectivity index (χ0) is 13.1. The Morgan fingerprint density at radius 1 is 1.50 bits per heavy atom. The molecule has 1 aromatic carbocycles. The molecule has 4 nitrogen and oxygen atoms in total. The second-order valence-corrected chi connectivity index (χ2v) is 4.54. The first-order chi connectivity index (χ1) is 8.65. The van der Waals surface area contributed by atoms with Gasteiger partial charge in [-0.3, -0.25) is 10.1 Å². The van der Waals surface area contributed by atoms with E-state index in [4.69, 9.17) is 4.74 Å². The van der Waals surface area contributed by atoms with Crippen molar-refractivity contribution in [2.45, 2.75) is 38.8 Å². The van der Waals surface area contributed by atoms with Gasteiger partial charge in [0, 0.05) is 6.04 Å². The van der Waals surface area contributed by atoms with Gasteiger partial charge in [-0.15, -0.1) is 0 Å². The number of ether oxygens (including phenoxy) is 1. The molecule has 2 N–H and O–H groups in total. The van der Waals surface area contributed by atoms with Crippen molar-refractivity contribution in [3.63, 3.8) is 0 Å². The Balaban J connectivity index is 2.36. The van der Waals surface area contributed by atoms with Crippen LogP contribution < -0.4 is 10.1 Å². The number of nitrogens with one attached hydrogen (secondary N) is 1. The number of carboxylic acid groups (broad SMARTS) is 1. The Morgan fingerprint density at radius 3 is 2.89 bits per heavy atom. The summed E-state index contributed by atoms with van der Waals surface area (Å²) < 4.78 is 5.43. The molecule has 0 amide bonds. The molecule has 2 unspecified atom stereocenters. The molecule has 1 aliphatic heterocycles. The van der Waals surface area contributed by atoms with Crippen LogP contribution >= 0.6 is 0 Å². The quantitative estimate of drug-likeness (QED) is 0.858. The first kappa shape index (κ1) is 12.9. The summed E-state index contributed by atoms with van der Waals surface area (Å²) in [6, 6.07) is 5.35. The van der Waals surface area contributed by atoms with Crippen LogP contribution in [0.5, 0.6) is 5.75 Å². The topological polar surface area (TPSA) is 58.6 Å². The highest BCUT2D eigenvalue weighted by atomic mass is 16.5. The van der Waals surface area contributed by atoms with Gasteiger partial charge >= 0.3 is 5.97 Å². The van der Waals surface area contributed by atoms with Gasteiger partial charge in [0.2, 0.25) is 0 Å². The molecule has 1 aromatic rings. The SMILES string of the molecule is CCOc1ccc2c(c1)C(C(=O)O)NC(CC)C2. The maximum atomic E-state index is 11.3. The smallest absolute Gasteiger partial charge is 0.325 e. The van der Waals surface area contributed by atoms with Crippen LogP contribution in [0.4, 0.5) is 0 Å². The molecule has 0 radical (unpaired) electrons. The van der Waals surface area contributed by atoms with Crippen LogP contribution in [-0.2, 0) is 11.2 Å². The first-order valence-electron chi connectivity index (χ1n) is 6.40. The normalized spacial score (nSPS) is 22.3. The van der Waals surface area contributed by atoms with E-state index in [0.29, 0.717) is 6.61 Å². The van der Waals surface area contributed by atoms with Crippen LogP contribution in [0.2, 0.25) is 0 Å². The lowest BCUT2D eigenvalue weighted by Gasteiger charge is -2.30. The third kappa shape index (κ3) is 2.48. The summed E-state index contributed by atoms with van der Waals surface area (Å²) in [4.78, 5) is 11.3. The maximum Gasteiger partial charge on any atom is 0.325 e. The maximum absolute atomic E-state index is 11.3. The van der Waals surface area contributed by atoms with Crippen LogP contribution in [0, 0.1) is 0 Å². The lowest BCUT2D eigenvalue weighted by Crippen LogP contribution is -2.42. The van der Waals surface area contributed by atoms with E-state index < -0.39 is 12.0 Å². The lowest BCUT2D eigenvalue weighted by atomic mass is 9.89. The Morgan fingerprint density at radius 2 is 2.28 bits per heavy atom. The summed E-state index contributed by atoms with van der Waals surface area (Å²) in [6.07, 6.45) is 1.80. The van der Waals surface area contributed by atoms with E-state index in [2.05, 4.69) is 12.2 Å². The van der Waals surface area contributed by atoms with Gasteiger partial charge < -0.3 is 9.84 Å². The van der Waals surface area contributed by atoms with E-state index in [1.54, 1.807) is 0 Å². The van der Waals surface area contributed by atoms with E-state index in [1.807, 2.05) is 25.1 Å². The van der Waals surface area contributed by atoms with Crippen molar-refractivity contribution < 1.29 is 14.6 Å². The molecule has 2 rings (SSSR count). The Kier molecular flexibility index (Phi) is 3.87. The number of hydrogen-bond acceptors (Lipinski definition) is 3. The van der Waals surface area contributed by atoms with Gasteiger partial charge in [-0.25, -0.2) is 0 Å². The van der Waals surface area contributed by atoms with E-state index in [0.717, 1.165) is 29.7 Å². The van der Waals surface area contributed by atoms with Crippen LogP contribution in [0.3, 0.4) is 0 Å². The standard InChI is InChI=1S/C14H19NO3/c1-3-10-7-9-5-6-11(18-4-2)8-12(9)13(15-10)14(16)17/h5-6,8,10,13,15H,3-4,7H2,1-2H3,(H,16,17). The third-order valence-electron chi connectivity index (χ3n) is 3.35. The molecule has 1 heterocycles. The number of carbonyl (C=O) groups is 1. The summed E-state index contributed by atoms with van der Waals surface area (Å²) in [5, 5.41) is 12.5. The second-order valence-electron chi connectivity index (χ2n) is 4.54. The average Bonchev–Trinajstić information content (AvgIpc) is 2.37. The van der Waals surface area contributed by atoms with Crippen molar-refractivity contribution in [2.75, 3.05) is 6.61 Å². The number of fused-ring (bicyclic) bond motifs is 1. The number of aliphatic carboxylic acids is 1. The summed E-state index contributed by atoms with van der Waals surface area (Å²) in [5.41, 5.74) is 1.94. The molecule has 98 valence electrons. The predicted molar refractivity (Wildman–Crippen MR) is 68.9 cm³/mol. The number of carboxylic acids is 1. The van der Waals surface area contributed by atoms with Crippen molar-refractivity contribution in [2.24, 2.45) is 0 Å². The molecule has 4 heteroatoms. The highest BCUT2D eigenvalue weighted by Crippen LogP contribution is 2.30. The molecule has 0 spiro atoms. The first-order valence-corrected chi connectivity index (χ1v) is 6.40. The van der Waals surface area contributed by atoms with Crippen LogP contribution in [0.25, 0.3) is 0 Å². The fraction of sp³-hybridized carbons (Fsp3) is 0.500. The zero-order valence-electron chi connectivity index (χ0n) is 10.8. The molecular formula is C14H19NO3. The number of hydrogen-bond donors (Lipinski definition) is 2. The second kappa shape index (κ2) is 5.40. The summed E-state index contributed by atoms with van der Waals surface area (Å²) in [6.45, 7) is 4.57. The molecular weight excluding hydrogens is 230 g/mol. The van der Waals surface area contributed by atoms with Gasteiger partial charge in [-0.05, 0) is 43.0 Å².